The molecule has 0 amide bonds. The summed E-state index contributed by atoms with van der Waals surface area (Å²) in [5.41, 5.74) is 12.1. The SMILES string of the molecule is COc1ccc(C(=O)O)cn1.Cc1cc(C(=O)O)on1.Nc1ccc(C(=O)O)nn1.O=C(O)Cc1cccnc1.O=C(O)c1c[nH]c2cccnc12.O=C(O)c1c[nH]c2ncccc12.O=C(O)c1cc2ccccc2[nH]1.O=C(O)c1cnc2c(c1)C=CC2.O=C(O)c1ncn[nH]1. The Labute approximate surface area is 537 Å². The smallest absolute Gasteiger partial charge is 0.374 e. The summed E-state index contributed by atoms with van der Waals surface area (Å²) < 4.78 is 9.12. The molecule has 35 nitrogen and oxygen atoms in total. The molecule has 1 aromatic carbocycles. The first-order chi connectivity index (χ1) is 45.8. The summed E-state index contributed by atoms with van der Waals surface area (Å²) >= 11 is 0. The van der Waals surface area contributed by atoms with E-state index in [1.165, 1.54) is 62.2 Å². The number of methoxy groups -OCH3 is 1. The lowest BCUT2D eigenvalue weighted by molar-refractivity contribution is -0.136. The summed E-state index contributed by atoms with van der Waals surface area (Å²) in [6.45, 7) is 1.66. The third-order valence-corrected chi connectivity index (χ3v) is 11.6. The predicted molar refractivity (Wildman–Crippen MR) is 334 cm³/mol. The number of H-pyrrole nitrogens is 4. The number of aliphatic carboxylic acids is 1. The fourth-order valence-electron chi connectivity index (χ4n) is 7.21. The van der Waals surface area contributed by atoms with Gasteiger partial charge in [-0.25, -0.2) is 53.3 Å². The van der Waals surface area contributed by atoms with Crippen molar-refractivity contribution in [2.75, 3.05) is 12.8 Å². The number of para-hydroxylation sites is 1. The number of carbonyl (C=O) groups is 9. The second kappa shape index (κ2) is 36.3. The molecule has 0 saturated carbocycles. The van der Waals surface area contributed by atoms with Crippen LogP contribution in [0.15, 0.2) is 170 Å². The molecule has 11 aromatic heterocycles. The van der Waals surface area contributed by atoms with Crippen LogP contribution in [0.25, 0.3) is 39.0 Å². The molecule has 0 atom stereocenters. The molecule has 0 aliphatic heterocycles. The maximum absolute atomic E-state index is 10.6. The molecule has 1 aliphatic rings. The minimum Gasteiger partial charge on any atom is -0.481 e. The predicted octanol–water partition coefficient (Wildman–Crippen LogP) is 7.18. The van der Waals surface area contributed by atoms with Crippen molar-refractivity contribution in [1.29, 1.82) is 0 Å². The van der Waals surface area contributed by atoms with Crippen LogP contribution in [-0.2, 0) is 17.6 Å². The molecule has 492 valence electrons. The van der Waals surface area contributed by atoms with E-state index in [2.05, 4.69) is 74.9 Å². The number of nitrogens with one attached hydrogen (secondary N) is 4. The van der Waals surface area contributed by atoms with Gasteiger partial charge in [-0.3, -0.25) is 24.8 Å². The second-order valence-corrected chi connectivity index (χ2v) is 18.3. The van der Waals surface area contributed by atoms with Crippen LogP contribution in [0, 0.1) is 6.92 Å². The number of nitrogens with two attached hydrogens (primary N) is 1. The average molecular weight is 1320 g/mol. The summed E-state index contributed by atoms with van der Waals surface area (Å²) in [5.74, 6) is -8.47. The monoisotopic (exact) mass is 1320 g/mol. The number of rotatable bonds is 11. The number of hydrogen-bond acceptors (Lipinski definition) is 22. The van der Waals surface area contributed by atoms with Gasteiger partial charge < -0.3 is 75.9 Å². The minimum absolute atomic E-state index is 0.0494. The second-order valence-electron chi connectivity index (χ2n) is 18.3. The van der Waals surface area contributed by atoms with Gasteiger partial charge in [0, 0.05) is 84.4 Å². The van der Waals surface area contributed by atoms with E-state index in [0.29, 0.717) is 28.1 Å². The molecule has 13 rings (SSSR count). The van der Waals surface area contributed by atoms with Crippen molar-refractivity contribution in [3.8, 4) is 5.88 Å². The zero-order valence-electron chi connectivity index (χ0n) is 49.6. The molecule has 12 aromatic rings. The largest absolute Gasteiger partial charge is 0.481 e. The number of ether oxygens (including phenoxy) is 1. The average Bonchev–Trinajstić information content (AvgIpc) is 1.72. The molecular weight excluding hydrogens is 1260 g/mol. The molecule has 1 aliphatic carbocycles. The van der Waals surface area contributed by atoms with E-state index < -0.39 is 53.7 Å². The Kier molecular flexibility index (Phi) is 27.4. The Morgan fingerprint density at radius 3 is 1.83 bits per heavy atom. The Morgan fingerprint density at radius 1 is 0.604 bits per heavy atom. The zero-order valence-corrected chi connectivity index (χ0v) is 49.6. The Bertz CT molecular complexity index is 4500. The van der Waals surface area contributed by atoms with Gasteiger partial charge in [-0.2, -0.15) is 5.10 Å². The van der Waals surface area contributed by atoms with Crippen molar-refractivity contribution >= 4 is 98.6 Å². The van der Waals surface area contributed by atoms with Crippen LogP contribution >= 0.6 is 0 Å². The van der Waals surface area contributed by atoms with Crippen molar-refractivity contribution < 1.29 is 98.4 Å². The lowest BCUT2D eigenvalue weighted by atomic mass is 10.2. The highest BCUT2D eigenvalue weighted by atomic mass is 16.5. The molecule has 0 bridgehead atoms. The maximum atomic E-state index is 10.6. The molecule has 0 unspecified atom stereocenters. The van der Waals surface area contributed by atoms with Crippen molar-refractivity contribution in [3.05, 3.63) is 233 Å². The number of aromatic carboxylic acids is 8. The summed E-state index contributed by atoms with van der Waals surface area (Å²) in [6.07, 6.45) is 17.8. The minimum atomic E-state index is -1.10. The van der Waals surface area contributed by atoms with Crippen molar-refractivity contribution in [2.24, 2.45) is 0 Å². The fourth-order valence-corrected chi connectivity index (χ4v) is 7.21. The van der Waals surface area contributed by atoms with Crippen LogP contribution in [0.1, 0.15) is 106 Å². The third-order valence-electron chi connectivity index (χ3n) is 11.6. The van der Waals surface area contributed by atoms with Gasteiger partial charge in [0.05, 0.1) is 47.1 Å². The number of nitrogens with zero attached hydrogens (tertiary/aromatic N) is 10. The molecule has 0 fully saturated rings. The van der Waals surface area contributed by atoms with E-state index in [0.717, 1.165) is 46.0 Å². The van der Waals surface area contributed by atoms with Gasteiger partial charge >= 0.3 is 53.7 Å². The third kappa shape index (κ3) is 23.2. The van der Waals surface area contributed by atoms with Crippen molar-refractivity contribution in [1.82, 2.24) is 70.4 Å². The number of aromatic nitrogens is 14. The van der Waals surface area contributed by atoms with Gasteiger partial charge in [0.25, 0.3) is 0 Å². The Balaban J connectivity index is 0.000000196. The van der Waals surface area contributed by atoms with Gasteiger partial charge in [0.1, 0.15) is 34.6 Å². The number of aromatic amines is 4. The topological polar surface area (TPSA) is 576 Å². The summed E-state index contributed by atoms with van der Waals surface area (Å²) in [4.78, 5) is 124. The number of carboxylic acids is 9. The van der Waals surface area contributed by atoms with E-state index >= 15 is 0 Å². The number of pyridine rings is 5. The van der Waals surface area contributed by atoms with Gasteiger partial charge in [0.15, 0.2) is 5.69 Å². The highest BCUT2D eigenvalue weighted by Crippen LogP contribution is 2.19. The van der Waals surface area contributed by atoms with Crippen LogP contribution in [0.5, 0.6) is 5.88 Å². The van der Waals surface area contributed by atoms with E-state index in [1.54, 1.807) is 80.2 Å². The number of fused-ring (bicyclic) bond motifs is 4. The van der Waals surface area contributed by atoms with Gasteiger partial charge in [0.2, 0.25) is 17.5 Å². The summed E-state index contributed by atoms with van der Waals surface area (Å²) in [6, 6.07) is 28.2. The Morgan fingerprint density at radius 2 is 1.29 bits per heavy atom. The molecule has 96 heavy (non-hydrogen) atoms. The number of nitrogen functional groups attached to an aromatic ring is 1. The van der Waals surface area contributed by atoms with Crippen LogP contribution in [0.4, 0.5) is 5.82 Å². The molecule has 15 N–H and O–H groups in total. The molecule has 0 saturated heterocycles. The summed E-state index contributed by atoms with van der Waals surface area (Å²) in [5, 5.41) is 93.4. The van der Waals surface area contributed by atoms with Crippen molar-refractivity contribution in [3.63, 3.8) is 0 Å². The van der Waals surface area contributed by atoms with Gasteiger partial charge in [-0.1, -0.05) is 41.6 Å². The highest BCUT2D eigenvalue weighted by Gasteiger charge is 2.13. The van der Waals surface area contributed by atoms with Crippen LogP contribution < -0.4 is 10.5 Å². The zero-order chi connectivity index (χ0) is 70.3. The quantitative estimate of drug-likeness (QED) is 0.0609. The Hall–Kier alpha value is -14.4. The lowest BCUT2D eigenvalue weighted by Crippen LogP contribution is -2.02. The molecule has 35 heteroatoms. The number of anilines is 1. The first kappa shape index (κ1) is 72.3. The molecular formula is C61H53N15O20. The maximum Gasteiger partial charge on any atom is 0.374 e. The first-order valence-electron chi connectivity index (χ1n) is 26.8. The van der Waals surface area contributed by atoms with Crippen LogP contribution in [0.2, 0.25) is 0 Å². The lowest BCUT2D eigenvalue weighted by Gasteiger charge is -1.98. The van der Waals surface area contributed by atoms with Crippen molar-refractivity contribution in [2.45, 2.75) is 19.8 Å². The van der Waals surface area contributed by atoms with Gasteiger partial charge in [-0.05, 0) is 84.8 Å². The number of benzene rings is 1. The number of hydrogen-bond donors (Lipinski definition) is 14. The molecule has 11 heterocycles. The van der Waals surface area contributed by atoms with E-state index in [1.807, 2.05) is 36.4 Å². The van der Waals surface area contributed by atoms with E-state index in [4.69, 9.17) is 56.4 Å². The van der Waals surface area contributed by atoms with Crippen LogP contribution in [0.3, 0.4) is 0 Å². The number of carboxylic acid groups (broad SMARTS) is 9. The first-order valence-corrected chi connectivity index (χ1v) is 26.8. The summed E-state index contributed by atoms with van der Waals surface area (Å²) in [7, 11) is 1.47. The normalized spacial score (nSPS) is 10.1. The van der Waals surface area contributed by atoms with Crippen LogP contribution in [-0.4, -0.2) is 177 Å². The number of aryl methyl sites for hydroxylation is 1. The standard InChI is InChI=1S/2C9H7NO2.2C8H6N2O2.C7H7NO3.C7H7NO2.C5H5N3O2.C5H5NO3.C3H3N3O2/c11-9(12)7-4-6-2-1-3-8(6)10-5-7;11-9(12)8-5-6-3-1-2-4-7(6)10-8;11-8(12)5-4-10-6-2-1-3-9-7(5)6;11-8(12)6-4-10-7-5(6)2-1-3-9-7;1-11-6-3-2-5(4-8-6)7(9)10;9-7(10)4-6-2-1-3-8-5-6;6-4-2-1-3(5(9)10)7-8-4;1-3-2-4(5(7)8)9-6-3;7-3(8)2-4-1-5-6-2/h1-2,4-5H,3H2,(H,11,12);1-5,10H,(H,11,12);1-4,10H,(H,11,12);1-4H,(H,9,10)(H,11,12);2-4H,1H3,(H,9,10);1-3,5H,4H2,(H,9,10);1-2H,(H2,6,8)(H,9,10);2H,1H3,(H,7,8);1H,(H,7,8)(H,4,5,6). The van der Waals surface area contributed by atoms with E-state index in [-0.39, 0.29) is 57.5 Å². The molecule has 0 radical (unpaired) electrons. The number of allylic oxidation sites excluding steroid dienone is 1. The van der Waals surface area contributed by atoms with Gasteiger partial charge in [-0.15, -0.1) is 10.2 Å². The molecule has 0 spiro atoms. The fraction of sp³-hybridized carbons (Fsp3) is 0.0656. The van der Waals surface area contributed by atoms with E-state index in [9.17, 15) is 43.2 Å². The highest BCUT2D eigenvalue weighted by molar-refractivity contribution is 6.02.